The molecule has 4 heteroatoms. The third-order valence-corrected chi connectivity index (χ3v) is 3.92. The third kappa shape index (κ3) is 2.00. The summed E-state index contributed by atoms with van der Waals surface area (Å²) >= 11 is 0. The van der Waals surface area contributed by atoms with Gasteiger partial charge in [0.25, 0.3) is 0 Å². The van der Waals surface area contributed by atoms with E-state index in [1.54, 1.807) is 6.33 Å². The van der Waals surface area contributed by atoms with Crippen LogP contribution in [0.25, 0.3) is 0 Å². The average molecular weight is 288 g/mol. The lowest BCUT2D eigenvalue weighted by Gasteiger charge is -2.32. The molecule has 2 heterocycles. The van der Waals surface area contributed by atoms with Crippen molar-refractivity contribution < 1.29 is 0 Å². The number of allylic oxidation sites excluding steroid dienone is 2. The van der Waals surface area contributed by atoms with Gasteiger partial charge in [0, 0.05) is 11.4 Å². The van der Waals surface area contributed by atoms with Gasteiger partial charge in [0.05, 0.1) is 0 Å². The summed E-state index contributed by atoms with van der Waals surface area (Å²) in [7, 11) is 0. The highest BCUT2D eigenvalue weighted by molar-refractivity contribution is 5.64. The van der Waals surface area contributed by atoms with Crippen molar-refractivity contribution in [2.45, 2.75) is 13.0 Å². The van der Waals surface area contributed by atoms with Crippen molar-refractivity contribution in [3.05, 3.63) is 84.3 Å². The molecule has 3 aromatic rings. The lowest BCUT2D eigenvalue weighted by Crippen LogP contribution is -2.27. The number of anilines is 2. The summed E-state index contributed by atoms with van der Waals surface area (Å²) in [6.45, 7) is 2.11. The smallest absolute Gasteiger partial charge is 0.233 e. The van der Waals surface area contributed by atoms with Gasteiger partial charge in [-0.3, -0.25) is 4.90 Å². The normalized spacial score (nSPS) is 17.0. The van der Waals surface area contributed by atoms with E-state index < -0.39 is 0 Å². The van der Waals surface area contributed by atoms with Crippen molar-refractivity contribution in [2.75, 3.05) is 4.90 Å². The Morgan fingerprint density at radius 3 is 2.32 bits per heavy atom. The SMILES string of the molecule is CC1=CC(c2ccccc2)n2ncnc2N1c1ccccc1. The maximum atomic E-state index is 4.48. The topological polar surface area (TPSA) is 34.0 Å². The molecule has 0 bridgehead atoms. The Kier molecular flexibility index (Phi) is 3.00. The molecule has 0 fully saturated rings. The summed E-state index contributed by atoms with van der Waals surface area (Å²) in [4.78, 5) is 6.61. The van der Waals surface area contributed by atoms with E-state index in [1.807, 2.05) is 28.9 Å². The molecule has 0 spiro atoms. The Morgan fingerprint density at radius 1 is 0.909 bits per heavy atom. The Hall–Kier alpha value is -2.88. The van der Waals surface area contributed by atoms with Crippen molar-refractivity contribution in [1.29, 1.82) is 0 Å². The maximum Gasteiger partial charge on any atom is 0.233 e. The summed E-state index contributed by atoms with van der Waals surface area (Å²) in [5.74, 6) is 0.847. The van der Waals surface area contributed by atoms with E-state index in [0.29, 0.717) is 0 Å². The monoisotopic (exact) mass is 288 g/mol. The number of hydrogen-bond donors (Lipinski definition) is 0. The molecule has 4 nitrogen and oxygen atoms in total. The van der Waals surface area contributed by atoms with Crippen LogP contribution in [-0.2, 0) is 0 Å². The van der Waals surface area contributed by atoms with Gasteiger partial charge < -0.3 is 0 Å². The van der Waals surface area contributed by atoms with Gasteiger partial charge in [0.15, 0.2) is 0 Å². The quantitative estimate of drug-likeness (QED) is 0.716. The molecule has 0 aliphatic carbocycles. The molecule has 0 saturated carbocycles. The van der Waals surface area contributed by atoms with E-state index in [2.05, 4.69) is 64.4 Å². The van der Waals surface area contributed by atoms with Gasteiger partial charge in [-0.05, 0) is 30.7 Å². The zero-order chi connectivity index (χ0) is 14.9. The molecule has 4 rings (SSSR count). The molecule has 0 N–H and O–H groups in total. The standard InChI is InChI=1S/C18H16N4/c1-14-12-17(15-8-4-2-5-9-15)22-18(19-13-20-22)21(14)16-10-6-3-7-11-16/h2-13,17H,1H3. The summed E-state index contributed by atoms with van der Waals surface area (Å²) in [5.41, 5.74) is 3.46. The zero-order valence-corrected chi connectivity index (χ0v) is 12.3. The van der Waals surface area contributed by atoms with Crippen LogP contribution in [0.5, 0.6) is 0 Å². The van der Waals surface area contributed by atoms with E-state index in [0.717, 1.165) is 17.3 Å². The molecule has 1 aliphatic rings. The zero-order valence-electron chi connectivity index (χ0n) is 12.3. The third-order valence-electron chi connectivity index (χ3n) is 3.92. The Balaban J connectivity index is 1.84. The second kappa shape index (κ2) is 5.15. The highest BCUT2D eigenvalue weighted by atomic mass is 15.5. The second-order valence-electron chi connectivity index (χ2n) is 5.34. The fourth-order valence-electron chi connectivity index (χ4n) is 2.92. The number of benzene rings is 2. The van der Waals surface area contributed by atoms with Gasteiger partial charge in [-0.25, -0.2) is 4.68 Å². The van der Waals surface area contributed by atoms with Gasteiger partial charge in [-0.1, -0.05) is 48.5 Å². The number of hydrogen-bond acceptors (Lipinski definition) is 3. The van der Waals surface area contributed by atoms with Crippen molar-refractivity contribution in [1.82, 2.24) is 14.8 Å². The van der Waals surface area contributed by atoms with Crippen LogP contribution < -0.4 is 4.90 Å². The van der Waals surface area contributed by atoms with Gasteiger partial charge in [-0.15, -0.1) is 0 Å². The molecule has 1 atom stereocenters. The van der Waals surface area contributed by atoms with Crippen LogP contribution in [0.4, 0.5) is 11.6 Å². The minimum absolute atomic E-state index is 0.0821. The molecule has 0 saturated heterocycles. The largest absolute Gasteiger partial charge is 0.284 e. The Labute approximate surface area is 129 Å². The lowest BCUT2D eigenvalue weighted by atomic mass is 10.0. The van der Waals surface area contributed by atoms with Gasteiger partial charge in [0.2, 0.25) is 5.95 Å². The molecule has 108 valence electrons. The highest BCUT2D eigenvalue weighted by Crippen LogP contribution is 2.36. The van der Waals surface area contributed by atoms with E-state index in [1.165, 1.54) is 5.56 Å². The van der Waals surface area contributed by atoms with Crippen molar-refractivity contribution in [2.24, 2.45) is 0 Å². The average Bonchev–Trinajstić information content (AvgIpc) is 3.05. The summed E-state index contributed by atoms with van der Waals surface area (Å²) < 4.78 is 1.97. The Bertz CT molecular complexity index is 805. The molecule has 1 aromatic heterocycles. The number of nitrogens with zero attached hydrogens (tertiary/aromatic N) is 4. The van der Waals surface area contributed by atoms with Crippen LogP contribution in [0, 0.1) is 0 Å². The fraction of sp³-hybridized carbons (Fsp3) is 0.111. The Morgan fingerprint density at radius 2 is 1.59 bits per heavy atom. The molecule has 0 radical (unpaired) electrons. The number of rotatable bonds is 2. The van der Waals surface area contributed by atoms with Gasteiger partial charge >= 0.3 is 0 Å². The summed E-state index contributed by atoms with van der Waals surface area (Å²) in [6.07, 6.45) is 3.84. The minimum Gasteiger partial charge on any atom is -0.284 e. The van der Waals surface area contributed by atoms with Crippen molar-refractivity contribution >= 4 is 11.6 Å². The molecule has 22 heavy (non-hydrogen) atoms. The molecule has 2 aromatic carbocycles. The molecular weight excluding hydrogens is 272 g/mol. The molecule has 1 aliphatic heterocycles. The predicted octanol–water partition coefficient (Wildman–Crippen LogP) is 3.92. The van der Waals surface area contributed by atoms with E-state index >= 15 is 0 Å². The lowest BCUT2D eigenvalue weighted by molar-refractivity contribution is 0.590. The number of fused-ring (bicyclic) bond motifs is 1. The number of aromatic nitrogens is 3. The van der Waals surface area contributed by atoms with Crippen LogP contribution in [0.3, 0.4) is 0 Å². The van der Waals surface area contributed by atoms with E-state index in [4.69, 9.17) is 0 Å². The first-order valence-electron chi connectivity index (χ1n) is 7.32. The maximum absolute atomic E-state index is 4.48. The molecule has 0 amide bonds. The fourth-order valence-corrected chi connectivity index (χ4v) is 2.92. The number of para-hydroxylation sites is 1. The first kappa shape index (κ1) is 12.8. The minimum atomic E-state index is 0.0821. The van der Waals surface area contributed by atoms with Crippen molar-refractivity contribution in [3.8, 4) is 0 Å². The predicted molar refractivity (Wildman–Crippen MR) is 86.9 cm³/mol. The molecular formula is C18H16N4. The van der Waals surface area contributed by atoms with E-state index in [-0.39, 0.29) is 6.04 Å². The van der Waals surface area contributed by atoms with Crippen LogP contribution in [0.15, 0.2) is 78.8 Å². The van der Waals surface area contributed by atoms with Crippen LogP contribution >= 0.6 is 0 Å². The second-order valence-corrected chi connectivity index (χ2v) is 5.34. The van der Waals surface area contributed by atoms with Gasteiger partial charge in [-0.2, -0.15) is 10.1 Å². The first-order chi connectivity index (χ1) is 10.8. The molecule has 1 unspecified atom stereocenters. The highest BCUT2D eigenvalue weighted by Gasteiger charge is 2.27. The van der Waals surface area contributed by atoms with Crippen LogP contribution in [0.2, 0.25) is 0 Å². The van der Waals surface area contributed by atoms with Gasteiger partial charge in [0.1, 0.15) is 12.4 Å². The summed E-state index contributed by atoms with van der Waals surface area (Å²) in [6, 6.07) is 20.7. The summed E-state index contributed by atoms with van der Waals surface area (Å²) in [5, 5.41) is 4.44. The van der Waals surface area contributed by atoms with E-state index in [9.17, 15) is 0 Å². The van der Waals surface area contributed by atoms with Crippen molar-refractivity contribution in [3.63, 3.8) is 0 Å². The van der Waals surface area contributed by atoms with Crippen LogP contribution in [0.1, 0.15) is 18.5 Å². The first-order valence-corrected chi connectivity index (χ1v) is 7.32. The van der Waals surface area contributed by atoms with Crippen LogP contribution in [-0.4, -0.2) is 14.8 Å².